The third kappa shape index (κ3) is 6.41. The number of nitrogens with zero attached hydrogens (tertiary/aromatic N) is 1. The Labute approximate surface area is 211 Å². The second-order valence-electron chi connectivity index (χ2n) is 9.15. The van der Waals surface area contributed by atoms with Gasteiger partial charge in [-0.1, -0.05) is 30.3 Å². The van der Waals surface area contributed by atoms with Crippen LogP contribution >= 0.6 is 0 Å². The van der Waals surface area contributed by atoms with E-state index in [1.165, 1.54) is 12.7 Å². The predicted molar refractivity (Wildman–Crippen MR) is 134 cm³/mol. The van der Waals surface area contributed by atoms with Crippen LogP contribution in [0, 0.1) is 0 Å². The van der Waals surface area contributed by atoms with Crippen molar-refractivity contribution in [2.75, 3.05) is 39.2 Å². The average molecular weight is 496 g/mol. The van der Waals surface area contributed by atoms with Gasteiger partial charge in [0.1, 0.15) is 25.1 Å². The summed E-state index contributed by atoms with van der Waals surface area (Å²) < 4.78 is 17.1. The van der Waals surface area contributed by atoms with E-state index in [0.29, 0.717) is 36.4 Å². The van der Waals surface area contributed by atoms with Crippen LogP contribution in [0.3, 0.4) is 0 Å². The minimum Gasteiger partial charge on any atom is -0.490 e. The molecule has 1 fully saturated rings. The van der Waals surface area contributed by atoms with Crippen LogP contribution in [0.4, 0.5) is 5.69 Å². The number of ether oxygens (including phenoxy) is 3. The molecule has 2 aromatic carbocycles. The van der Waals surface area contributed by atoms with Gasteiger partial charge in [-0.15, -0.1) is 0 Å². The average Bonchev–Trinajstić information content (AvgIpc) is 2.87. The van der Waals surface area contributed by atoms with E-state index in [2.05, 4.69) is 10.6 Å². The Bertz CT molecular complexity index is 1080. The molecule has 9 heteroatoms. The molecule has 0 spiro atoms. The molecule has 3 amide bonds. The molecule has 0 saturated carbocycles. The highest BCUT2D eigenvalue weighted by molar-refractivity contribution is 6.00. The Morgan fingerprint density at radius 3 is 2.69 bits per heavy atom. The maximum absolute atomic E-state index is 13.3. The van der Waals surface area contributed by atoms with Crippen molar-refractivity contribution in [1.29, 1.82) is 0 Å². The molecule has 2 heterocycles. The van der Waals surface area contributed by atoms with Crippen LogP contribution < -0.4 is 15.4 Å². The molecule has 2 aromatic rings. The Balaban J connectivity index is 1.34. The number of carbonyl (C=O) groups excluding carboxylic acids is 3. The first kappa shape index (κ1) is 25.7. The number of benzene rings is 2. The van der Waals surface area contributed by atoms with E-state index in [-0.39, 0.29) is 55.6 Å². The van der Waals surface area contributed by atoms with Crippen molar-refractivity contribution in [3.8, 4) is 5.75 Å². The number of nitrogens with one attached hydrogen (secondary N) is 2. The van der Waals surface area contributed by atoms with Gasteiger partial charge in [0.2, 0.25) is 11.8 Å². The molecular formula is C27H33N3O6. The van der Waals surface area contributed by atoms with E-state index in [9.17, 15) is 14.4 Å². The van der Waals surface area contributed by atoms with Gasteiger partial charge in [-0.3, -0.25) is 14.4 Å². The summed E-state index contributed by atoms with van der Waals surface area (Å²) in [5.74, 6) is -0.123. The molecule has 0 radical (unpaired) electrons. The quantitative estimate of drug-likeness (QED) is 0.583. The second kappa shape index (κ2) is 12.0. The third-order valence-electron chi connectivity index (χ3n) is 6.56. The molecule has 192 valence electrons. The summed E-state index contributed by atoms with van der Waals surface area (Å²) in [6.07, 6.45) is 1.86. The molecule has 0 aliphatic carbocycles. The maximum atomic E-state index is 13.3. The van der Waals surface area contributed by atoms with Crippen LogP contribution in [0.25, 0.3) is 0 Å². The number of hydrogen-bond acceptors (Lipinski definition) is 6. The van der Waals surface area contributed by atoms with Gasteiger partial charge in [0.15, 0.2) is 0 Å². The summed E-state index contributed by atoms with van der Waals surface area (Å²) in [5.41, 5.74) is 2.06. The van der Waals surface area contributed by atoms with E-state index in [4.69, 9.17) is 14.2 Å². The van der Waals surface area contributed by atoms with Gasteiger partial charge >= 0.3 is 0 Å². The van der Waals surface area contributed by atoms with Gasteiger partial charge in [0.05, 0.1) is 24.1 Å². The van der Waals surface area contributed by atoms with E-state index in [1.807, 2.05) is 30.3 Å². The van der Waals surface area contributed by atoms with Crippen molar-refractivity contribution >= 4 is 23.4 Å². The number of anilines is 1. The molecule has 4 rings (SSSR count). The van der Waals surface area contributed by atoms with Crippen molar-refractivity contribution in [3.63, 3.8) is 0 Å². The second-order valence-corrected chi connectivity index (χ2v) is 9.15. The summed E-state index contributed by atoms with van der Waals surface area (Å²) >= 11 is 0. The smallest absolute Gasteiger partial charge is 0.257 e. The molecule has 3 atom stereocenters. The first-order chi connectivity index (χ1) is 17.4. The van der Waals surface area contributed by atoms with Crippen LogP contribution in [-0.4, -0.2) is 74.8 Å². The molecule has 9 nitrogen and oxygen atoms in total. The lowest BCUT2D eigenvalue weighted by Crippen LogP contribution is -2.54. The lowest BCUT2D eigenvalue weighted by Gasteiger charge is -2.42. The minimum atomic E-state index is -0.343. The first-order valence-electron chi connectivity index (χ1n) is 12.2. The molecule has 0 unspecified atom stereocenters. The first-order valence-corrected chi connectivity index (χ1v) is 12.2. The molecule has 2 aliphatic heterocycles. The normalized spacial score (nSPS) is 21.3. The van der Waals surface area contributed by atoms with Crippen molar-refractivity contribution in [3.05, 3.63) is 59.7 Å². The van der Waals surface area contributed by atoms with Crippen molar-refractivity contribution in [1.82, 2.24) is 10.2 Å². The zero-order valence-electron chi connectivity index (χ0n) is 20.7. The fourth-order valence-corrected chi connectivity index (χ4v) is 4.70. The topological polar surface area (TPSA) is 106 Å². The third-order valence-corrected chi connectivity index (χ3v) is 6.56. The minimum absolute atomic E-state index is 0.0426. The summed E-state index contributed by atoms with van der Waals surface area (Å²) in [6, 6.07) is 14.8. The molecule has 0 aromatic heterocycles. The number of hydrogen-bond donors (Lipinski definition) is 2. The molecule has 2 N–H and O–H groups in total. The Morgan fingerprint density at radius 1 is 1.11 bits per heavy atom. The number of rotatable bonds is 8. The van der Waals surface area contributed by atoms with Gasteiger partial charge in [-0.2, -0.15) is 0 Å². The van der Waals surface area contributed by atoms with Gasteiger partial charge in [0.25, 0.3) is 5.91 Å². The Hall–Kier alpha value is -3.43. The highest BCUT2D eigenvalue weighted by atomic mass is 16.5. The number of fused-ring (bicyclic) bond motifs is 2. The molecule has 0 bridgehead atoms. The van der Waals surface area contributed by atoms with Crippen molar-refractivity contribution < 1.29 is 28.6 Å². The number of methoxy groups -OCH3 is 1. The van der Waals surface area contributed by atoms with Crippen LogP contribution in [0.1, 0.15) is 35.2 Å². The fourth-order valence-electron chi connectivity index (χ4n) is 4.70. The molecule has 36 heavy (non-hydrogen) atoms. The van der Waals surface area contributed by atoms with Gasteiger partial charge < -0.3 is 29.7 Å². The number of likely N-dealkylation sites (N-methyl/N-ethyl adjacent to an activating group) is 1. The lowest BCUT2D eigenvalue weighted by atomic mass is 9.94. The fraction of sp³-hybridized carbons (Fsp3) is 0.444. The summed E-state index contributed by atoms with van der Waals surface area (Å²) in [6.45, 7) is 0.762. The summed E-state index contributed by atoms with van der Waals surface area (Å²) in [7, 11) is 3.20. The number of carbonyl (C=O) groups is 3. The lowest BCUT2D eigenvalue weighted by molar-refractivity contribution is -0.134. The zero-order valence-corrected chi connectivity index (χ0v) is 20.7. The van der Waals surface area contributed by atoms with E-state index in [1.54, 1.807) is 30.1 Å². The standard InChI is InChI=1S/C27H33N3O6/c1-30-22-10-9-20(15-25(31)28-13-12-18-6-4-3-5-7-18)36-24(22)16-35-23-11-8-19(14-21(23)27(30)33)29-26(32)17-34-2/h3-8,11,14,20,22,24H,9-10,12-13,15-17H2,1-2H3,(H,28,31)(H,29,32)/t20-,22+,24+/m0/s1. The van der Waals surface area contributed by atoms with Crippen LogP contribution in [0.5, 0.6) is 5.75 Å². The highest BCUT2D eigenvalue weighted by Crippen LogP contribution is 2.32. The van der Waals surface area contributed by atoms with Crippen molar-refractivity contribution in [2.45, 2.75) is 43.9 Å². The SMILES string of the molecule is COCC(=O)Nc1ccc2c(c1)C(=O)N(C)[C@@H]1CC[C@@H](CC(=O)NCCc3ccccc3)O[C@@H]1CO2. The molecule has 2 aliphatic rings. The van der Waals surface area contributed by atoms with Gasteiger partial charge in [-0.25, -0.2) is 0 Å². The number of amides is 3. The van der Waals surface area contributed by atoms with E-state index in [0.717, 1.165) is 6.42 Å². The van der Waals surface area contributed by atoms with E-state index < -0.39 is 0 Å². The van der Waals surface area contributed by atoms with Gasteiger partial charge in [0, 0.05) is 26.4 Å². The Morgan fingerprint density at radius 2 is 1.92 bits per heavy atom. The van der Waals surface area contributed by atoms with Gasteiger partial charge in [-0.05, 0) is 43.0 Å². The van der Waals surface area contributed by atoms with Crippen LogP contribution in [-0.2, 0) is 25.5 Å². The van der Waals surface area contributed by atoms with Crippen molar-refractivity contribution in [2.24, 2.45) is 0 Å². The largest absolute Gasteiger partial charge is 0.490 e. The Kier molecular flexibility index (Phi) is 8.56. The summed E-state index contributed by atoms with van der Waals surface area (Å²) in [5, 5.41) is 5.69. The summed E-state index contributed by atoms with van der Waals surface area (Å²) in [4.78, 5) is 39.3. The highest BCUT2D eigenvalue weighted by Gasteiger charge is 2.39. The maximum Gasteiger partial charge on any atom is 0.257 e. The molecule has 1 saturated heterocycles. The van der Waals surface area contributed by atoms with E-state index >= 15 is 0 Å². The van der Waals surface area contributed by atoms with Crippen LogP contribution in [0.15, 0.2) is 48.5 Å². The van der Waals surface area contributed by atoms with Crippen LogP contribution in [0.2, 0.25) is 0 Å². The predicted octanol–water partition coefficient (Wildman–Crippen LogP) is 2.40. The molecular weight excluding hydrogens is 462 g/mol. The zero-order chi connectivity index (χ0) is 25.5. The monoisotopic (exact) mass is 495 g/mol.